The van der Waals surface area contributed by atoms with Gasteiger partial charge in [-0.2, -0.15) is 0 Å². The zero-order valence-corrected chi connectivity index (χ0v) is 18.9. The molecular weight excluding hydrogens is 432 g/mol. The van der Waals surface area contributed by atoms with Crippen molar-refractivity contribution < 1.29 is 24.2 Å². The molecule has 2 bridgehead atoms. The van der Waals surface area contributed by atoms with Gasteiger partial charge in [0.15, 0.2) is 0 Å². The summed E-state index contributed by atoms with van der Waals surface area (Å²) in [4.78, 5) is 39.6. The molecule has 2 aliphatic carbocycles. The molecule has 2 heterocycles. The van der Waals surface area contributed by atoms with Crippen molar-refractivity contribution in [2.45, 2.75) is 56.1 Å². The van der Waals surface area contributed by atoms with Crippen molar-refractivity contribution >= 4 is 18.0 Å². The Morgan fingerprint density at radius 1 is 0.971 bits per heavy atom. The van der Waals surface area contributed by atoms with E-state index in [4.69, 9.17) is 4.74 Å². The highest BCUT2D eigenvalue weighted by Crippen LogP contribution is 2.45. The molecule has 2 aromatic carbocycles. The third kappa shape index (κ3) is 3.45. The third-order valence-electron chi connectivity index (χ3n) is 8.08. The van der Waals surface area contributed by atoms with Crippen molar-refractivity contribution in [3.63, 3.8) is 0 Å². The van der Waals surface area contributed by atoms with Crippen LogP contribution in [0.1, 0.15) is 49.1 Å². The lowest BCUT2D eigenvalue weighted by Crippen LogP contribution is -2.52. The topological polar surface area (TPSA) is 95.9 Å². The quantitative estimate of drug-likeness (QED) is 0.684. The van der Waals surface area contributed by atoms with E-state index in [-0.39, 0.29) is 36.4 Å². The van der Waals surface area contributed by atoms with Gasteiger partial charge in [-0.3, -0.25) is 9.59 Å². The van der Waals surface area contributed by atoms with E-state index < -0.39 is 24.0 Å². The van der Waals surface area contributed by atoms with Crippen LogP contribution >= 0.6 is 0 Å². The second-order valence-electron chi connectivity index (χ2n) is 10.0. The molecule has 34 heavy (non-hydrogen) atoms. The van der Waals surface area contributed by atoms with E-state index in [1.54, 1.807) is 4.90 Å². The molecule has 2 amide bonds. The first-order valence-corrected chi connectivity index (χ1v) is 12.2. The largest absolute Gasteiger partial charge is 0.481 e. The minimum absolute atomic E-state index is 0.0378. The standard InChI is InChI=1S/C27H28N2O5/c30-25(29-16-11-12-23(29)21(13-16)26(31)32)24(15-9-10-15)28-27(33)34-14-22-19-7-3-1-5-17(19)18-6-2-4-8-20(18)22/h1-8,15-16,21-24H,9-14H2,(H,28,33)(H,31,32)/t16-,21+,23+,24?/m1/s1. The van der Waals surface area contributed by atoms with Crippen molar-refractivity contribution in [1.29, 1.82) is 0 Å². The molecule has 4 aliphatic rings. The number of nitrogens with one attached hydrogen (secondary N) is 1. The molecule has 0 aromatic heterocycles. The lowest BCUT2D eigenvalue weighted by molar-refractivity contribution is -0.143. The van der Waals surface area contributed by atoms with Gasteiger partial charge in [0.2, 0.25) is 5.91 Å². The van der Waals surface area contributed by atoms with Gasteiger partial charge in [0.25, 0.3) is 0 Å². The Morgan fingerprint density at radius 3 is 2.21 bits per heavy atom. The number of hydrogen-bond donors (Lipinski definition) is 2. The van der Waals surface area contributed by atoms with Crippen LogP contribution in [0.5, 0.6) is 0 Å². The summed E-state index contributed by atoms with van der Waals surface area (Å²) in [6.45, 7) is 0.196. The molecule has 7 heteroatoms. The van der Waals surface area contributed by atoms with Gasteiger partial charge in [0, 0.05) is 18.0 Å². The van der Waals surface area contributed by atoms with E-state index in [0.29, 0.717) is 6.42 Å². The Morgan fingerprint density at radius 2 is 1.62 bits per heavy atom. The highest BCUT2D eigenvalue weighted by molar-refractivity contribution is 5.88. The maximum Gasteiger partial charge on any atom is 0.407 e. The Balaban J connectivity index is 1.14. The fraction of sp³-hybridized carbons (Fsp3) is 0.444. The number of fused-ring (bicyclic) bond motifs is 5. The minimum atomic E-state index is -0.836. The van der Waals surface area contributed by atoms with E-state index in [1.807, 2.05) is 24.3 Å². The first-order valence-electron chi connectivity index (χ1n) is 12.2. The molecule has 176 valence electrons. The fourth-order valence-electron chi connectivity index (χ4n) is 6.34. The Hall–Kier alpha value is -3.35. The predicted molar refractivity (Wildman–Crippen MR) is 124 cm³/mol. The first kappa shape index (κ1) is 21.2. The number of ether oxygens (including phenoxy) is 1. The average molecular weight is 461 g/mol. The number of hydrogen-bond acceptors (Lipinski definition) is 4. The molecular formula is C27H28N2O5. The molecule has 4 atom stereocenters. The average Bonchev–Trinajstić information content (AvgIpc) is 3.40. The van der Waals surface area contributed by atoms with E-state index in [2.05, 4.69) is 29.6 Å². The van der Waals surface area contributed by atoms with Crippen LogP contribution in [0.25, 0.3) is 11.1 Å². The number of carboxylic acids is 1. The van der Waals surface area contributed by atoms with Gasteiger partial charge in [-0.1, -0.05) is 48.5 Å². The van der Waals surface area contributed by atoms with Crippen LogP contribution in [-0.2, 0) is 14.3 Å². The molecule has 0 radical (unpaired) electrons. The van der Waals surface area contributed by atoms with Crippen molar-refractivity contribution in [1.82, 2.24) is 10.2 Å². The number of amides is 2. The first-order chi connectivity index (χ1) is 16.5. The molecule has 2 aliphatic heterocycles. The summed E-state index contributed by atoms with van der Waals surface area (Å²) in [7, 11) is 0. The van der Waals surface area contributed by atoms with Gasteiger partial charge in [-0.05, 0) is 60.3 Å². The number of aliphatic carboxylic acids is 1. The Kier molecular flexibility index (Phi) is 5.08. The number of carboxylic acid groups (broad SMARTS) is 1. The SMILES string of the molecule is O=C(NC(C(=O)N1[C@@H]2CC[C@H]1[C@@H](C(=O)O)C2)C1CC1)OCC1c2ccccc2-c2ccccc21. The lowest BCUT2D eigenvalue weighted by atomic mass is 9.89. The molecule has 7 nitrogen and oxygen atoms in total. The van der Waals surface area contributed by atoms with Crippen LogP contribution in [-0.4, -0.2) is 52.7 Å². The van der Waals surface area contributed by atoms with Crippen LogP contribution in [0.2, 0.25) is 0 Å². The summed E-state index contributed by atoms with van der Waals surface area (Å²) in [6, 6.07) is 15.4. The second kappa shape index (κ2) is 8.15. The van der Waals surface area contributed by atoms with Gasteiger partial charge < -0.3 is 20.1 Å². The van der Waals surface area contributed by atoms with Crippen LogP contribution in [0.3, 0.4) is 0 Å². The van der Waals surface area contributed by atoms with Crippen LogP contribution < -0.4 is 5.32 Å². The number of carbonyl (C=O) groups is 3. The van der Waals surface area contributed by atoms with Crippen molar-refractivity contribution in [3.05, 3.63) is 59.7 Å². The minimum Gasteiger partial charge on any atom is -0.481 e. The zero-order chi connectivity index (χ0) is 23.4. The number of benzene rings is 2. The Bertz CT molecular complexity index is 1110. The van der Waals surface area contributed by atoms with E-state index in [1.165, 1.54) is 0 Å². The van der Waals surface area contributed by atoms with E-state index >= 15 is 0 Å². The lowest BCUT2D eigenvalue weighted by Gasteiger charge is -2.28. The number of alkyl carbamates (subject to hydrolysis) is 1. The number of nitrogens with zero attached hydrogens (tertiary/aromatic N) is 1. The van der Waals surface area contributed by atoms with Crippen LogP contribution in [0.15, 0.2) is 48.5 Å². The zero-order valence-electron chi connectivity index (χ0n) is 18.9. The van der Waals surface area contributed by atoms with E-state index in [0.717, 1.165) is 47.9 Å². The van der Waals surface area contributed by atoms with Crippen molar-refractivity contribution in [2.24, 2.45) is 11.8 Å². The maximum atomic E-state index is 13.4. The summed E-state index contributed by atoms with van der Waals surface area (Å²) in [5.41, 5.74) is 4.60. The van der Waals surface area contributed by atoms with Gasteiger partial charge in [-0.25, -0.2) is 4.79 Å². The highest BCUT2D eigenvalue weighted by Gasteiger charge is 2.54. The van der Waals surface area contributed by atoms with Gasteiger partial charge in [0.1, 0.15) is 12.6 Å². The van der Waals surface area contributed by atoms with Crippen LogP contribution in [0.4, 0.5) is 4.79 Å². The van der Waals surface area contributed by atoms with Gasteiger partial charge in [0.05, 0.1) is 5.92 Å². The van der Waals surface area contributed by atoms with Gasteiger partial charge >= 0.3 is 12.1 Å². The monoisotopic (exact) mass is 460 g/mol. The molecule has 1 saturated carbocycles. The molecule has 6 rings (SSSR count). The summed E-state index contributed by atoms with van der Waals surface area (Å²) < 4.78 is 5.67. The van der Waals surface area contributed by atoms with Crippen molar-refractivity contribution in [2.75, 3.05) is 6.61 Å². The fourth-order valence-corrected chi connectivity index (χ4v) is 6.34. The van der Waals surface area contributed by atoms with Crippen LogP contribution in [0, 0.1) is 11.8 Å². The Labute approximate surface area is 198 Å². The van der Waals surface area contributed by atoms with Crippen molar-refractivity contribution in [3.8, 4) is 11.1 Å². The molecule has 1 unspecified atom stereocenters. The summed E-state index contributed by atoms with van der Waals surface area (Å²) in [6.07, 6.45) is 3.23. The smallest absolute Gasteiger partial charge is 0.407 e. The normalized spacial score (nSPS) is 25.5. The summed E-state index contributed by atoms with van der Waals surface area (Å²) >= 11 is 0. The summed E-state index contributed by atoms with van der Waals surface area (Å²) in [5.74, 6) is -1.43. The molecule has 0 spiro atoms. The molecule has 3 fully saturated rings. The third-order valence-corrected chi connectivity index (χ3v) is 8.08. The van der Waals surface area contributed by atoms with Gasteiger partial charge in [-0.15, -0.1) is 0 Å². The summed E-state index contributed by atoms with van der Waals surface area (Å²) in [5, 5.41) is 12.4. The highest BCUT2D eigenvalue weighted by atomic mass is 16.5. The second-order valence-corrected chi connectivity index (χ2v) is 10.0. The maximum absolute atomic E-state index is 13.4. The number of carbonyl (C=O) groups excluding carboxylic acids is 2. The molecule has 2 N–H and O–H groups in total. The molecule has 2 aromatic rings. The molecule has 2 saturated heterocycles. The predicted octanol–water partition coefficient (Wildman–Crippen LogP) is 3.77. The number of rotatable bonds is 6. The van der Waals surface area contributed by atoms with E-state index in [9.17, 15) is 19.5 Å².